The van der Waals surface area contributed by atoms with E-state index in [1.54, 1.807) is 5.56 Å². The van der Waals surface area contributed by atoms with Crippen LogP contribution in [0.5, 0.6) is 0 Å². The Labute approximate surface area is 92.9 Å². The van der Waals surface area contributed by atoms with Gasteiger partial charge in [-0.1, -0.05) is 32.0 Å². The van der Waals surface area contributed by atoms with Crippen molar-refractivity contribution in [3.63, 3.8) is 0 Å². The summed E-state index contributed by atoms with van der Waals surface area (Å²) in [7, 11) is 0. The molecule has 1 heterocycles. The van der Waals surface area contributed by atoms with Crippen molar-refractivity contribution in [3.8, 4) is 0 Å². The van der Waals surface area contributed by atoms with Crippen LogP contribution in [0.4, 0.5) is 0 Å². The number of aryl methyl sites for hydroxylation is 2. The van der Waals surface area contributed by atoms with E-state index >= 15 is 0 Å². The first kappa shape index (κ1) is 10.7. The van der Waals surface area contributed by atoms with Gasteiger partial charge in [-0.05, 0) is 48.9 Å². The maximum Gasteiger partial charge on any atom is 0.0326 e. The van der Waals surface area contributed by atoms with Gasteiger partial charge in [0.25, 0.3) is 0 Å². The highest BCUT2D eigenvalue weighted by molar-refractivity contribution is 5.38. The van der Waals surface area contributed by atoms with Crippen LogP contribution in [0.25, 0.3) is 0 Å². The van der Waals surface area contributed by atoms with Gasteiger partial charge >= 0.3 is 0 Å². The molecule has 1 unspecified atom stereocenters. The summed E-state index contributed by atoms with van der Waals surface area (Å²) in [6.07, 6.45) is 4.94. The Morgan fingerprint density at radius 2 is 1.87 bits per heavy atom. The molecule has 1 saturated heterocycles. The van der Waals surface area contributed by atoms with Crippen LogP contribution in [0.2, 0.25) is 0 Å². The van der Waals surface area contributed by atoms with Gasteiger partial charge in [0.2, 0.25) is 0 Å². The van der Waals surface area contributed by atoms with Gasteiger partial charge in [-0.25, -0.2) is 0 Å². The molecule has 0 saturated carbocycles. The van der Waals surface area contributed by atoms with Gasteiger partial charge in [0, 0.05) is 6.04 Å². The number of hydrogen-bond donors (Lipinski definition) is 1. The van der Waals surface area contributed by atoms with E-state index in [2.05, 4.69) is 37.4 Å². The molecule has 0 aliphatic carbocycles. The molecule has 0 aromatic heterocycles. The molecule has 0 amide bonds. The molecule has 15 heavy (non-hydrogen) atoms. The fraction of sp³-hybridized carbons (Fsp3) is 0.571. The minimum Gasteiger partial charge on any atom is -0.310 e. The standard InChI is InChI=1S/C14H21N/c1-3-11-7-5-8-12(4-2)14(11)13-9-6-10-15-13/h5,7-8,13,15H,3-4,6,9-10H2,1-2H3. The van der Waals surface area contributed by atoms with E-state index in [9.17, 15) is 0 Å². The van der Waals surface area contributed by atoms with Crippen LogP contribution in [0.1, 0.15) is 49.4 Å². The highest BCUT2D eigenvalue weighted by atomic mass is 14.9. The SMILES string of the molecule is CCc1cccc(CC)c1C1CCCN1. The Bertz CT molecular complexity index is 302. The molecule has 2 rings (SSSR count). The molecule has 0 radical (unpaired) electrons. The van der Waals surface area contributed by atoms with E-state index in [0.717, 1.165) is 12.8 Å². The zero-order valence-corrected chi connectivity index (χ0v) is 9.84. The number of rotatable bonds is 3. The van der Waals surface area contributed by atoms with E-state index in [1.807, 2.05) is 0 Å². The topological polar surface area (TPSA) is 12.0 Å². The van der Waals surface area contributed by atoms with Crippen LogP contribution >= 0.6 is 0 Å². The molecule has 1 nitrogen and oxygen atoms in total. The first-order chi connectivity index (χ1) is 7.36. The quantitative estimate of drug-likeness (QED) is 0.795. The minimum atomic E-state index is 0.621. The average Bonchev–Trinajstić information content (AvgIpc) is 2.81. The Morgan fingerprint density at radius 1 is 1.20 bits per heavy atom. The monoisotopic (exact) mass is 203 g/mol. The summed E-state index contributed by atoms with van der Waals surface area (Å²) in [6.45, 7) is 5.70. The number of benzene rings is 1. The lowest BCUT2D eigenvalue weighted by Crippen LogP contribution is -2.16. The van der Waals surface area contributed by atoms with Crippen molar-refractivity contribution in [2.75, 3.05) is 6.54 Å². The van der Waals surface area contributed by atoms with Crippen molar-refractivity contribution in [3.05, 3.63) is 34.9 Å². The summed E-state index contributed by atoms with van der Waals surface area (Å²) in [6, 6.07) is 7.40. The zero-order valence-electron chi connectivity index (χ0n) is 9.84. The van der Waals surface area contributed by atoms with Gasteiger partial charge in [0.1, 0.15) is 0 Å². The third-order valence-electron chi connectivity index (χ3n) is 3.46. The Hall–Kier alpha value is -0.820. The van der Waals surface area contributed by atoms with Gasteiger partial charge in [-0.3, -0.25) is 0 Å². The Morgan fingerprint density at radius 3 is 2.33 bits per heavy atom. The van der Waals surface area contributed by atoms with Gasteiger partial charge in [-0.15, -0.1) is 0 Å². The largest absolute Gasteiger partial charge is 0.310 e. The fourth-order valence-corrected chi connectivity index (χ4v) is 2.66. The normalized spacial score (nSPS) is 20.8. The van der Waals surface area contributed by atoms with Crippen LogP contribution in [-0.2, 0) is 12.8 Å². The van der Waals surface area contributed by atoms with E-state index < -0.39 is 0 Å². The first-order valence-corrected chi connectivity index (χ1v) is 6.20. The van der Waals surface area contributed by atoms with Crippen molar-refractivity contribution in [2.24, 2.45) is 0 Å². The predicted molar refractivity (Wildman–Crippen MR) is 65.2 cm³/mol. The molecule has 1 fully saturated rings. The van der Waals surface area contributed by atoms with Crippen molar-refractivity contribution < 1.29 is 0 Å². The van der Waals surface area contributed by atoms with Gasteiger partial charge in [0.15, 0.2) is 0 Å². The predicted octanol–water partition coefficient (Wildman–Crippen LogP) is 3.24. The van der Waals surface area contributed by atoms with Crippen LogP contribution < -0.4 is 5.32 Å². The molecule has 0 bridgehead atoms. The minimum absolute atomic E-state index is 0.621. The number of nitrogens with one attached hydrogen (secondary N) is 1. The summed E-state index contributed by atoms with van der Waals surface area (Å²) in [5, 5.41) is 3.62. The maximum atomic E-state index is 3.62. The second kappa shape index (κ2) is 4.80. The van der Waals surface area contributed by atoms with Gasteiger partial charge in [-0.2, -0.15) is 0 Å². The summed E-state index contributed by atoms with van der Waals surface area (Å²) in [5.41, 5.74) is 4.67. The molecular formula is C14H21N. The second-order valence-electron chi connectivity index (χ2n) is 4.35. The fourth-order valence-electron chi connectivity index (χ4n) is 2.66. The van der Waals surface area contributed by atoms with Crippen molar-refractivity contribution in [1.82, 2.24) is 5.32 Å². The molecule has 1 aliphatic rings. The third-order valence-corrected chi connectivity index (χ3v) is 3.46. The lowest BCUT2D eigenvalue weighted by molar-refractivity contribution is 0.633. The molecule has 82 valence electrons. The lowest BCUT2D eigenvalue weighted by atomic mass is 9.91. The smallest absolute Gasteiger partial charge is 0.0326 e. The zero-order chi connectivity index (χ0) is 10.7. The summed E-state index contributed by atoms with van der Waals surface area (Å²) in [4.78, 5) is 0. The highest BCUT2D eigenvalue weighted by Crippen LogP contribution is 2.29. The molecule has 1 aliphatic heterocycles. The maximum absolute atomic E-state index is 3.62. The van der Waals surface area contributed by atoms with E-state index in [-0.39, 0.29) is 0 Å². The molecule has 1 atom stereocenters. The van der Waals surface area contributed by atoms with E-state index in [4.69, 9.17) is 0 Å². The molecule has 1 aromatic carbocycles. The summed E-state index contributed by atoms with van der Waals surface area (Å²) < 4.78 is 0. The Kier molecular flexibility index (Phi) is 3.42. The summed E-state index contributed by atoms with van der Waals surface area (Å²) >= 11 is 0. The Balaban J connectivity index is 2.39. The van der Waals surface area contributed by atoms with Gasteiger partial charge < -0.3 is 5.32 Å². The van der Waals surface area contributed by atoms with Gasteiger partial charge in [0.05, 0.1) is 0 Å². The van der Waals surface area contributed by atoms with Crippen LogP contribution in [0.15, 0.2) is 18.2 Å². The molecular weight excluding hydrogens is 182 g/mol. The lowest BCUT2D eigenvalue weighted by Gasteiger charge is -2.19. The summed E-state index contributed by atoms with van der Waals surface area (Å²) in [5.74, 6) is 0. The van der Waals surface area contributed by atoms with Crippen LogP contribution in [0.3, 0.4) is 0 Å². The van der Waals surface area contributed by atoms with E-state index in [0.29, 0.717) is 6.04 Å². The van der Waals surface area contributed by atoms with E-state index in [1.165, 1.54) is 30.5 Å². The highest BCUT2D eigenvalue weighted by Gasteiger charge is 2.20. The third kappa shape index (κ3) is 2.07. The molecule has 1 heteroatoms. The first-order valence-electron chi connectivity index (χ1n) is 6.20. The van der Waals surface area contributed by atoms with Crippen molar-refractivity contribution in [1.29, 1.82) is 0 Å². The molecule has 0 spiro atoms. The number of hydrogen-bond acceptors (Lipinski definition) is 1. The molecule has 1 N–H and O–H groups in total. The van der Waals surface area contributed by atoms with Crippen LogP contribution in [0, 0.1) is 0 Å². The van der Waals surface area contributed by atoms with Crippen molar-refractivity contribution >= 4 is 0 Å². The average molecular weight is 203 g/mol. The second-order valence-corrected chi connectivity index (χ2v) is 4.35. The van der Waals surface area contributed by atoms with Crippen LogP contribution in [-0.4, -0.2) is 6.54 Å². The molecule has 1 aromatic rings. The van der Waals surface area contributed by atoms with Crippen molar-refractivity contribution in [2.45, 2.75) is 45.6 Å².